The number of hydrogen-bond donors (Lipinski definition) is 2. The maximum Gasteiger partial charge on any atom is 0.348 e. The molecule has 4 rings (SSSR count). The number of anilines is 1. The Bertz CT molecular complexity index is 1140. The van der Waals surface area contributed by atoms with Gasteiger partial charge in [-0.2, -0.15) is 0 Å². The van der Waals surface area contributed by atoms with E-state index in [1.54, 1.807) is 7.11 Å². The number of pyridine rings is 1. The monoisotopic (exact) mass is 376 g/mol. The number of thiophene rings is 1. The summed E-state index contributed by atoms with van der Waals surface area (Å²) >= 11 is 1.10. The van der Waals surface area contributed by atoms with Crippen LogP contribution in [0.25, 0.3) is 32.6 Å². The van der Waals surface area contributed by atoms with Crippen LogP contribution in [0.2, 0.25) is 0 Å². The van der Waals surface area contributed by atoms with Gasteiger partial charge in [-0.05, 0) is 41.5 Å². The van der Waals surface area contributed by atoms with Crippen molar-refractivity contribution in [3.8, 4) is 28.1 Å². The van der Waals surface area contributed by atoms with Gasteiger partial charge < -0.3 is 15.6 Å². The number of aromatic carboxylic acids is 1. The fraction of sp³-hybridized carbons (Fsp3) is 0.0476. The van der Waals surface area contributed by atoms with Crippen LogP contribution in [0.15, 0.2) is 60.7 Å². The first kappa shape index (κ1) is 17.1. The lowest BCUT2D eigenvalue weighted by atomic mass is 9.99. The second kappa shape index (κ2) is 6.74. The minimum atomic E-state index is -1.04. The molecule has 0 saturated carbocycles. The summed E-state index contributed by atoms with van der Waals surface area (Å²) in [6, 6.07) is 19.3. The van der Waals surface area contributed by atoms with Gasteiger partial charge in [-0.25, -0.2) is 9.78 Å². The maximum absolute atomic E-state index is 11.6. The molecular formula is C21H16N2O3S. The Kier molecular flexibility index (Phi) is 4.25. The van der Waals surface area contributed by atoms with Crippen molar-refractivity contribution in [3.63, 3.8) is 0 Å². The van der Waals surface area contributed by atoms with Gasteiger partial charge in [0.25, 0.3) is 0 Å². The van der Waals surface area contributed by atoms with E-state index in [1.807, 2.05) is 60.7 Å². The van der Waals surface area contributed by atoms with Crippen LogP contribution in [0.1, 0.15) is 9.67 Å². The van der Waals surface area contributed by atoms with Crippen LogP contribution in [0.4, 0.5) is 5.69 Å². The molecule has 0 radical (unpaired) electrons. The Hall–Kier alpha value is -3.38. The van der Waals surface area contributed by atoms with Gasteiger partial charge in [-0.1, -0.05) is 30.3 Å². The highest BCUT2D eigenvalue weighted by Gasteiger charge is 2.21. The highest BCUT2D eigenvalue weighted by atomic mass is 32.1. The van der Waals surface area contributed by atoms with Gasteiger partial charge in [0.05, 0.1) is 18.5 Å². The van der Waals surface area contributed by atoms with Crippen LogP contribution in [0.3, 0.4) is 0 Å². The molecule has 0 aliphatic heterocycles. The fourth-order valence-corrected chi connectivity index (χ4v) is 3.99. The molecule has 0 amide bonds. The van der Waals surface area contributed by atoms with Gasteiger partial charge in [-0.3, -0.25) is 0 Å². The van der Waals surface area contributed by atoms with Crippen molar-refractivity contribution >= 4 is 33.2 Å². The van der Waals surface area contributed by atoms with E-state index in [4.69, 9.17) is 10.5 Å². The molecule has 0 aliphatic carbocycles. The summed E-state index contributed by atoms with van der Waals surface area (Å²) in [5, 5.41) is 10.1. The van der Waals surface area contributed by atoms with E-state index >= 15 is 0 Å². The normalized spacial score (nSPS) is 10.9. The molecule has 4 aromatic rings. The van der Waals surface area contributed by atoms with E-state index in [9.17, 15) is 9.90 Å². The predicted octanol–water partition coefficient (Wildman–Crippen LogP) is 4.92. The zero-order valence-corrected chi connectivity index (χ0v) is 15.3. The minimum Gasteiger partial charge on any atom is -0.497 e. The molecule has 0 saturated heterocycles. The average molecular weight is 376 g/mol. The van der Waals surface area contributed by atoms with Crippen LogP contribution in [0, 0.1) is 0 Å². The minimum absolute atomic E-state index is 0.113. The Morgan fingerprint density at radius 3 is 2.41 bits per heavy atom. The molecule has 134 valence electrons. The first-order chi connectivity index (χ1) is 13.1. The molecule has 27 heavy (non-hydrogen) atoms. The fourth-order valence-electron chi connectivity index (χ4n) is 3.03. The van der Waals surface area contributed by atoms with Crippen molar-refractivity contribution in [1.82, 2.24) is 4.98 Å². The van der Waals surface area contributed by atoms with Crippen molar-refractivity contribution in [3.05, 3.63) is 65.5 Å². The van der Waals surface area contributed by atoms with Crippen molar-refractivity contribution < 1.29 is 14.6 Å². The third kappa shape index (κ3) is 3.00. The molecule has 2 heterocycles. The van der Waals surface area contributed by atoms with Crippen LogP contribution in [0.5, 0.6) is 5.75 Å². The number of nitrogens with zero attached hydrogens (tertiary/aromatic N) is 1. The van der Waals surface area contributed by atoms with Gasteiger partial charge in [0.2, 0.25) is 0 Å². The maximum atomic E-state index is 11.6. The summed E-state index contributed by atoms with van der Waals surface area (Å²) in [7, 11) is 1.62. The molecule has 0 spiro atoms. The predicted molar refractivity (Wildman–Crippen MR) is 108 cm³/mol. The number of rotatable bonds is 4. The smallest absolute Gasteiger partial charge is 0.348 e. The van der Waals surface area contributed by atoms with Crippen LogP contribution in [-0.2, 0) is 0 Å². The quantitative estimate of drug-likeness (QED) is 0.528. The molecule has 2 aromatic carbocycles. The third-order valence-corrected chi connectivity index (χ3v) is 5.45. The second-order valence-electron chi connectivity index (χ2n) is 5.98. The van der Waals surface area contributed by atoms with E-state index in [2.05, 4.69) is 4.98 Å². The summed E-state index contributed by atoms with van der Waals surface area (Å²) in [5.41, 5.74) is 9.93. The first-order valence-electron chi connectivity index (χ1n) is 8.24. The average Bonchev–Trinajstić information content (AvgIpc) is 3.05. The highest BCUT2D eigenvalue weighted by molar-refractivity contribution is 7.21. The summed E-state index contributed by atoms with van der Waals surface area (Å²) in [5.74, 6) is -0.280. The number of aromatic nitrogens is 1. The molecular weight excluding hydrogens is 360 g/mol. The topological polar surface area (TPSA) is 85.4 Å². The molecule has 0 fully saturated rings. The van der Waals surface area contributed by atoms with Gasteiger partial charge >= 0.3 is 5.97 Å². The summed E-state index contributed by atoms with van der Waals surface area (Å²) in [6.45, 7) is 0. The number of carbonyl (C=O) groups is 1. The van der Waals surface area contributed by atoms with Crippen molar-refractivity contribution in [1.29, 1.82) is 0 Å². The van der Waals surface area contributed by atoms with Crippen molar-refractivity contribution in [2.75, 3.05) is 12.8 Å². The van der Waals surface area contributed by atoms with Crippen molar-refractivity contribution in [2.45, 2.75) is 0 Å². The molecule has 0 bridgehead atoms. The Morgan fingerprint density at radius 1 is 1.07 bits per heavy atom. The molecule has 0 aliphatic rings. The van der Waals surface area contributed by atoms with E-state index in [0.29, 0.717) is 10.2 Å². The lowest BCUT2D eigenvalue weighted by Crippen LogP contribution is -1.97. The van der Waals surface area contributed by atoms with Gasteiger partial charge in [0.1, 0.15) is 15.5 Å². The van der Waals surface area contributed by atoms with E-state index in [-0.39, 0.29) is 10.6 Å². The van der Waals surface area contributed by atoms with Crippen LogP contribution in [-0.4, -0.2) is 23.2 Å². The molecule has 0 atom stereocenters. The first-order valence-corrected chi connectivity index (χ1v) is 9.06. The SMILES string of the molecule is COc1ccc(-c2cc(-c3ccccc3)c3c(N)c(C(=O)O)sc3n2)cc1. The second-order valence-corrected chi connectivity index (χ2v) is 6.98. The number of hydrogen-bond acceptors (Lipinski definition) is 5. The number of benzene rings is 2. The lowest BCUT2D eigenvalue weighted by molar-refractivity contribution is 0.0703. The highest BCUT2D eigenvalue weighted by Crippen LogP contribution is 2.41. The Balaban J connectivity index is 2.00. The van der Waals surface area contributed by atoms with Crippen LogP contribution < -0.4 is 10.5 Å². The van der Waals surface area contributed by atoms with E-state index < -0.39 is 5.97 Å². The largest absolute Gasteiger partial charge is 0.497 e. The van der Waals surface area contributed by atoms with Crippen molar-refractivity contribution in [2.24, 2.45) is 0 Å². The molecule has 6 heteroatoms. The van der Waals surface area contributed by atoms with Gasteiger partial charge in [-0.15, -0.1) is 11.3 Å². The number of carboxylic acid groups (broad SMARTS) is 1. The molecule has 0 unspecified atom stereocenters. The number of nitrogen functional groups attached to an aromatic ring is 1. The summed E-state index contributed by atoms with van der Waals surface area (Å²) in [6.07, 6.45) is 0. The standard InChI is InChI=1S/C21H16N2O3S/c1-26-14-9-7-13(8-10-14)16-11-15(12-5-3-2-4-6-12)17-18(22)19(21(24)25)27-20(17)23-16/h2-11H,22H2,1H3,(H,24,25). The number of fused-ring (bicyclic) bond motifs is 1. The number of carboxylic acids is 1. The van der Waals surface area contributed by atoms with E-state index in [0.717, 1.165) is 39.5 Å². The summed E-state index contributed by atoms with van der Waals surface area (Å²) in [4.78, 5) is 17.0. The summed E-state index contributed by atoms with van der Waals surface area (Å²) < 4.78 is 5.21. The lowest BCUT2D eigenvalue weighted by Gasteiger charge is -2.09. The van der Waals surface area contributed by atoms with E-state index in [1.165, 1.54) is 0 Å². The molecule has 5 nitrogen and oxygen atoms in total. The van der Waals surface area contributed by atoms with Gasteiger partial charge in [0.15, 0.2) is 0 Å². The zero-order valence-electron chi connectivity index (χ0n) is 14.5. The molecule has 3 N–H and O–H groups in total. The number of methoxy groups -OCH3 is 1. The zero-order chi connectivity index (χ0) is 19.0. The number of nitrogens with two attached hydrogens (primary N) is 1. The Labute approximate surface area is 159 Å². The Morgan fingerprint density at radius 2 is 1.78 bits per heavy atom. The van der Waals surface area contributed by atoms with Crippen LogP contribution >= 0.6 is 11.3 Å². The molecule has 2 aromatic heterocycles. The third-order valence-electron chi connectivity index (χ3n) is 4.36. The number of ether oxygens (including phenoxy) is 1. The van der Waals surface area contributed by atoms with Gasteiger partial charge in [0, 0.05) is 10.9 Å².